The second kappa shape index (κ2) is 8.21. The predicted molar refractivity (Wildman–Crippen MR) is 99.8 cm³/mol. The van der Waals surface area contributed by atoms with E-state index in [-0.39, 0.29) is 6.03 Å². The summed E-state index contributed by atoms with van der Waals surface area (Å²) in [6, 6.07) is 6.34. The molecule has 4 nitrogen and oxygen atoms in total. The number of hydrogen-bond acceptors (Lipinski definition) is 2. The number of halogens is 1. The molecule has 2 fully saturated rings. The number of nitrogens with zero attached hydrogens (tertiary/aromatic N) is 2. The number of amides is 2. The minimum atomic E-state index is -0.0131. The van der Waals surface area contributed by atoms with Gasteiger partial charge in [-0.2, -0.15) is 0 Å². The van der Waals surface area contributed by atoms with Crippen molar-refractivity contribution in [1.29, 1.82) is 0 Å². The van der Waals surface area contributed by atoms with Gasteiger partial charge in [0, 0.05) is 42.9 Å². The van der Waals surface area contributed by atoms with E-state index >= 15 is 0 Å². The van der Waals surface area contributed by atoms with Gasteiger partial charge in [-0.05, 0) is 37.5 Å². The zero-order chi connectivity index (χ0) is 16.9. The van der Waals surface area contributed by atoms with Crippen LogP contribution in [0.25, 0.3) is 0 Å². The molecule has 5 heteroatoms. The summed E-state index contributed by atoms with van der Waals surface area (Å²) in [5.41, 5.74) is 1.73. The number of nitrogens with one attached hydrogen (secondary N) is 1. The molecule has 0 spiro atoms. The Morgan fingerprint density at radius 2 is 1.75 bits per heavy atom. The molecule has 1 saturated carbocycles. The number of benzene rings is 1. The van der Waals surface area contributed by atoms with Crippen molar-refractivity contribution in [1.82, 2.24) is 9.80 Å². The van der Waals surface area contributed by atoms with Crippen LogP contribution in [-0.2, 0) is 0 Å². The summed E-state index contributed by atoms with van der Waals surface area (Å²) >= 11 is 6.13. The molecule has 0 aromatic heterocycles. The maximum atomic E-state index is 12.5. The highest BCUT2D eigenvalue weighted by Crippen LogP contribution is 2.25. The molecule has 0 radical (unpaired) electrons. The Hall–Kier alpha value is -1.26. The van der Waals surface area contributed by atoms with Gasteiger partial charge in [-0.1, -0.05) is 43.4 Å². The largest absolute Gasteiger partial charge is 0.322 e. The van der Waals surface area contributed by atoms with Gasteiger partial charge in [0.2, 0.25) is 0 Å². The van der Waals surface area contributed by atoms with E-state index in [0.717, 1.165) is 43.5 Å². The average Bonchev–Trinajstić information content (AvgIpc) is 2.88. The summed E-state index contributed by atoms with van der Waals surface area (Å²) in [5.74, 6) is 0. The van der Waals surface area contributed by atoms with E-state index < -0.39 is 0 Å². The Bertz CT molecular complexity index is 562. The first-order valence-electron chi connectivity index (χ1n) is 9.20. The lowest BCUT2D eigenvalue weighted by Gasteiger charge is -2.39. The number of carbonyl (C=O) groups excluding carboxylic acids is 1. The number of piperazine rings is 1. The number of rotatable bonds is 2. The quantitative estimate of drug-likeness (QED) is 0.797. The summed E-state index contributed by atoms with van der Waals surface area (Å²) in [7, 11) is 0. The van der Waals surface area contributed by atoms with Gasteiger partial charge in [0.15, 0.2) is 0 Å². The van der Waals surface area contributed by atoms with E-state index in [4.69, 9.17) is 11.6 Å². The molecule has 1 heterocycles. The highest BCUT2D eigenvalue weighted by atomic mass is 35.5. The summed E-state index contributed by atoms with van der Waals surface area (Å²) in [5, 5.41) is 3.70. The second-order valence-corrected chi connectivity index (χ2v) is 7.42. The highest BCUT2D eigenvalue weighted by molar-refractivity contribution is 6.31. The van der Waals surface area contributed by atoms with E-state index in [9.17, 15) is 4.79 Å². The lowest BCUT2D eigenvalue weighted by molar-refractivity contribution is 0.105. The lowest BCUT2D eigenvalue weighted by Crippen LogP contribution is -2.52. The molecule has 0 bridgehead atoms. The third kappa shape index (κ3) is 4.22. The van der Waals surface area contributed by atoms with Crippen molar-refractivity contribution in [2.75, 3.05) is 31.5 Å². The molecule has 0 atom stereocenters. The van der Waals surface area contributed by atoms with Crippen molar-refractivity contribution in [2.45, 2.75) is 51.5 Å². The normalized spacial score (nSPS) is 20.7. The molecule has 1 saturated heterocycles. The molecule has 1 aliphatic carbocycles. The molecular formula is C19H28ClN3O. The Morgan fingerprint density at radius 3 is 2.42 bits per heavy atom. The van der Waals surface area contributed by atoms with Crippen LogP contribution in [0.1, 0.15) is 44.1 Å². The summed E-state index contributed by atoms with van der Waals surface area (Å²) in [6.45, 7) is 5.53. The minimum absolute atomic E-state index is 0.0131. The van der Waals surface area contributed by atoms with Crippen LogP contribution in [0.15, 0.2) is 18.2 Å². The van der Waals surface area contributed by atoms with Crippen LogP contribution < -0.4 is 5.32 Å². The fourth-order valence-electron chi connectivity index (χ4n) is 3.85. The number of anilines is 1. The Labute approximate surface area is 150 Å². The molecule has 3 rings (SSSR count). The summed E-state index contributed by atoms with van der Waals surface area (Å²) in [4.78, 5) is 17.0. The molecule has 0 unspecified atom stereocenters. The van der Waals surface area contributed by atoms with Crippen LogP contribution >= 0.6 is 11.6 Å². The molecule has 2 aliphatic rings. The fourth-order valence-corrected chi connectivity index (χ4v) is 4.02. The second-order valence-electron chi connectivity index (χ2n) is 7.01. The first-order chi connectivity index (χ1) is 11.6. The van der Waals surface area contributed by atoms with Crippen LogP contribution in [0.4, 0.5) is 10.5 Å². The molecule has 1 aromatic rings. The van der Waals surface area contributed by atoms with Gasteiger partial charge < -0.3 is 10.2 Å². The standard InChI is InChI=1S/C19H28ClN3O/c1-15-17(20)9-6-10-18(15)21-19(24)23-13-11-22(12-14-23)16-7-4-2-3-5-8-16/h6,9-10,16H,2-5,7-8,11-14H2,1H3,(H,21,24). The third-order valence-corrected chi connectivity index (χ3v) is 5.86. The smallest absolute Gasteiger partial charge is 0.321 e. The third-order valence-electron chi connectivity index (χ3n) is 5.45. The van der Waals surface area contributed by atoms with Crippen molar-refractivity contribution in [2.24, 2.45) is 0 Å². The molecule has 1 aliphatic heterocycles. The SMILES string of the molecule is Cc1c(Cl)cccc1NC(=O)N1CCN(C2CCCCCC2)CC1. The highest BCUT2D eigenvalue weighted by Gasteiger charge is 2.26. The van der Waals surface area contributed by atoms with Crippen LogP contribution in [0.5, 0.6) is 0 Å². The van der Waals surface area contributed by atoms with Crippen molar-refractivity contribution >= 4 is 23.3 Å². The molecule has 1 aromatic carbocycles. The average molecular weight is 350 g/mol. The van der Waals surface area contributed by atoms with Crippen LogP contribution in [0.2, 0.25) is 5.02 Å². The van der Waals surface area contributed by atoms with Crippen LogP contribution in [-0.4, -0.2) is 48.1 Å². The molecule has 132 valence electrons. The molecule has 24 heavy (non-hydrogen) atoms. The Balaban J connectivity index is 1.52. The minimum Gasteiger partial charge on any atom is -0.322 e. The Kier molecular flexibility index (Phi) is 6.01. The van der Waals surface area contributed by atoms with Gasteiger partial charge in [0.1, 0.15) is 0 Å². The summed E-state index contributed by atoms with van der Waals surface area (Å²) < 4.78 is 0. The fraction of sp³-hybridized carbons (Fsp3) is 0.632. The van der Waals surface area contributed by atoms with Crippen molar-refractivity contribution in [3.8, 4) is 0 Å². The van der Waals surface area contributed by atoms with Crippen molar-refractivity contribution in [3.05, 3.63) is 28.8 Å². The maximum absolute atomic E-state index is 12.5. The number of carbonyl (C=O) groups is 1. The van der Waals surface area contributed by atoms with Gasteiger partial charge in [-0.15, -0.1) is 0 Å². The number of urea groups is 1. The van der Waals surface area contributed by atoms with E-state index in [1.807, 2.05) is 30.0 Å². The maximum Gasteiger partial charge on any atom is 0.321 e. The zero-order valence-electron chi connectivity index (χ0n) is 14.6. The van der Waals surface area contributed by atoms with Gasteiger partial charge in [-0.25, -0.2) is 4.79 Å². The van der Waals surface area contributed by atoms with E-state index in [0.29, 0.717) is 5.02 Å². The van der Waals surface area contributed by atoms with Gasteiger partial charge in [-0.3, -0.25) is 4.90 Å². The van der Waals surface area contributed by atoms with E-state index in [2.05, 4.69) is 10.2 Å². The lowest BCUT2D eigenvalue weighted by atomic mass is 10.1. The molecular weight excluding hydrogens is 322 g/mol. The Morgan fingerprint density at radius 1 is 1.08 bits per heavy atom. The first-order valence-corrected chi connectivity index (χ1v) is 9.58. The number of hydrogen-bond donors (Lipinski definition) is 1. The van der Waals surface area contributed by atoms with Crippen molar-refractivity contribution < 1.29 is 4.79 Å². The first kappa shape index (κ1) is 17.6. The topological polar surface area (TPSA) is 35.6 Å². The van der Waals surface area contributed by atoms with E-state index in [1.165, 1.54) is 38.5 Å². The van der Waals surface area contributed by atoms with Gasteiger partial charge in [0.25, 0.3) is 0 Å². The van der Waals surface area contributed by atoms with Crippen LogP contribution in [0.3, 0.4) is 0 Å². The predicted octanol–water partition coefficient (Wildman–Crippen LogP) is 4.52. The van der Waals surface area contributed by atoms with Gasteiger partial charge >= 0.3 is 6.03 Å². The molecule has 2 amide bonds. The zero-order valence-corrected chi connectivity index (χ0v) is 15.3. The van der Waals surface area contributed by atoms with Crippen LogP contribution in [0, 0.1) is 6.92 Å². The van der Waals surface area contributed by atoms with E-state index in [1.54, 1.807) is 0 Å². The van der Waals surface area contributed by atoms with Gasteiger partial charge in [0.05, 0.1) is 0 Å². The van der Waals surface area contributed by atoms with Crippen molar-refractivity contribution in [3.63, 3.8) is 0 Å². The molecule has 1 N–H and O–H groups in total. The monoisotopic (exact) mass is 349 g/mol. The summed E-state index contributed by atoms with van der Waals surface area (Å²) in [6.07, 6.45) is 8.15.